The van der Waals surface area contributed by atoms with Gasteiger partial charge in [0, 0.05) is 16.5 Å². The molecule has 1 aromatic carbocycles. The third-order valence-corrected chi connectivity index (χ3v) is 4.15. The van der Waals surface area contributed by atoms with Crippen LogP contribution in [0.4, 0.5) is 18.9 Å². The summed E-state index contributed by atoms with van der Waals surface area (Å²) in [6.45, 7) is 0. The molecular weight excluding hydrogens is 297 g/mol. The monoisotopic (exact) mass is 308 g/mol. The van der Waals surface area contributed by atoms with Crippen molar-refractivity contribution in [1.29, 1.82) is 0 Å². The molecule has 0 saturated carbocycles. The molecule has 2 rings (SSSR count). The van der Waals surface area contributed by atoms with Crippen LogP contribution in [0.15, 0.2) is 29.2 Å². The molecule has 8 heteroatoms. The average Bonchev–Trinajstić information content (AvgIpc) is 2.83. The van der Waals surface area contributed by atoms with Crippen molar-refractivity contribution in [3.05, 3.63) is 24.3 Å². The Morgan fingerprint density at radius 2 is 2.16 bits per heavy atom. The first kappa shape index (κ1) is 14.5. The first-order valence-electron chi connectivity index (χ1n) is 5.42. The van der Waals surface area contributed by atoms with Crippen LogP contribution in [0, 0.1) is 0 Å². The zero-order valence-electron chi connectivity index (χ0n) is 9.66. The summed E-state index contributed by atoms with van der Waals surface area (Å²) in [7, 11) is 0. The number of benzene rings is 1. The average molecular weight is 308 g/mol. The highest BCUT2D eigenvalue weighted by molar-refractivity contribution is 8.00. The molecule has 0 radical (unpaired) electrons. The Labute approximate surface area is 116 Å². The normalized spacial score (nSPS) is 19.4. The van der Waals surface area contributed by atoms with Crippen LogP contribution in [0.5, 0.6) is 0 Å². The van der Waals surface area contributed by atoms with Gasteiger partial charge in [-0.3, -0.25) is 10.1 Å². The van der Waals surface area contributed by atoms with Crippen LogP contribution in [0.1, 0.15) is 0 Å². The number of carbonyl (C=O) groups excluding carboxylic acids is 1. The van der Waals surface area contributed by atoms with Gasteiger partial charge in [-0.05, 0) is 23.9 Å². The fraction of sp³-hybridized carbons (Fsp3) is 0.364. The highest BCUT2D eigenvalue weighted by atomic mass is 32.2. The van der Waals surface area contributed by atoms with E-state index in [2.05, 4.69) is 10.6 Å². The molecule has 0 aromatic heterocycles. The Bertz CT molecular complexity index is 461. The first-order valence-corrected chi connectivity index (χ1v) is 7.39. The summed E-state index contributed by atoms with van der Waals surface area (Å²) < 4.78 is 37.2. The number of amides is 1. The Morgan fingerprint density at radius 1 is 1.42 bits per heavy atom. The molecule has 0 spiro atoms. The first-order chi connectivity index (χ1) is 8.96. The maximum absolute atomic E-state index is 12.4. The second-order valence-corrected chi connectivity index (χ2v) is 5.94. The SMILES string of the molecule is O=C(Nc1ccccc1SC(F)(F)F)C1CSCN1. The van der Waals surface area contributed by atoms with Crippen LogP contribution in [0.25, 0.3) is 0 Å². The molecule has 1 aliphatic heterocycles. The largest absolute Gasteiger partial charge is 0.446 e. The number of carbonyl (C=O) groups is 1. The van der Waals surface area contributed by atoms with Crippen molar-refractivity contribution >= 4 is 35.1 Å². The van der Waals surface area contributed by atoms with Crippen LogP contribution in [-0.4, -0.2) is 29.1 Å². The lowest BCUT2D eigenvalue weighted by Gasteiger charge is -2.14. The minimum absolute atomic E-state index is 0.00556. The smallest absolute Gasteiger partial charge is 0.324 e. The third kappa shape index (κ3) is 4.32. The van der Waals surface area contributed by atoms with Gasteiger partial charge in [-0.15, -0.1) is 11.8 Å². The molecule has 1 unspecified atom stereocenters. The Hall–Kier alpha value is -0.860. The molecule has 3 nitrogen and oxygen atoms in total. The van der Waals surface area contributed by atoms with Crippen LogP contribution in [0.3, 0.4) is 0 Å². The van der Waals surface area contributed by atoms with Gasteiger partial charge in [-0.1, -0.05) is 12.1 Å². The molecule has 2 N–H and O–H groups in total. The lowest BCUT2D eigenvalue weighted by atomic mass is 10.2. The lowest BCUT2D eigenvalue weighted by molar-refractivity contribution is -0.117. The second kappa shape index (κ2) is 6.06. The summed E-state index contributed by atoms with van der Waals surface area (Å²) in [5.41, 5.74) is -4.18. The molecule has 1 amide bonds. The number of thioether (sulfide) groups is 2. The highest BCUT2D eigenvalue weighted by Crippen LogP contribution is 2.40. The van der Waals surface area contributed by atoms with Gasteiger partial charge in [0.05, 0.1) is 11.7 Å². The van der Waals surface area contributed by atoms with Crippen LogP contribution in [-0.2, 0) is 4.79 Å². The van der Waals surface area contributed by atoms with Crippen molar-refractivity contribution in [2.75, 3.05) is 16.9 Å². The van der Waals surface area contributed by atoms with Crippen molar-refractivity contribution in [3.8, 4) is 0 Å². The third-order valence-electron chi connectivity index (χ3n) is 2.40. The summed E-state index contributed by atoms with van der Waals surface area (Å²) in [5, 5.41) is 5.51. The quantitative estimate of drug-likeness (QED) is 0.843. The molecule has 0 bridgehead atoms. The summed E-state index contributed by atoms with van der Waals surface area (Å²) in [5.74, 6) is 0.998. The minimum Gasteiger partial charge on any atom is -0.324 e. The zero-order chi connectivity index (χ0) is 13.9. The van der Waals surface area contributed by atoms with Crippen LogP contribution < -0.4 is 10.6 Å². The number of hydrogen-bond donors (Lipinski definition) is 2. The van der Waals surface area contributed by atoms with Crippen molar-refractivity contribution in [2.24, 2.45) is 0 Å². The molecular formula is C11H11F3N2OS2. The number of halogens is 3. The van der Waals surface area contributed by atoms with Crippen LogP contribution in [0.2, 0.25) is 0 Å². The summed E-state index contributed by atoms with van der Waals surface area (Å²) in [6, 6.07) is 5.55. The number of rotatable bonds is 3. The van der Waals surface area contributed by atoms with E-state index in [1.807, 2.05) is 0 Å². The molecule has 104 valence electrons. The Kier molecular flexibility index (Phi) is 4.64. The standard InChI is InChI=1S/C11H11F3N2OS2/c12-11(13,14)19-9-4-2-1-3-7(9)16-10(17)8-5-18-6-15-8/h1-4,8,15H,5-6H2,(H,16,17). The molecule has 1 atom stereocenters. The predicted molar refractivity (Wildman–Crippen MR) is 71.2 cm³/mol. The van der Waals surface area contributed by atoms with E-state index in [9.17, 15) is 18.0 Å². The fourth-order valence-electron chi connectivity index (χ4n) is 1.57. The maximum atomic E-state index is 12.4. The van der Waals surface area contributed by atoms with Crippen molar-refractivity contribution < 1.29 is 18.0 Å². The number of hydrogen-bond acceptors (Lipinski definition) is 4. The molecule has 0 aliphatic carbocycles. The maximum Gasteiger partial charge on any atom is 0.446 e. The molecule has 19 heavy (non-hydrogen) atoms. The Morgan fingerprint density at radius 3 is 2.79 bits per heavy atom. The number of nitrogens with one attached hydrogen (secondary N) is 2. The van der Waals surface area contributed by atoms with Gasteiger partial charge >= 0.3 is 5.51 Å². The molecule has 1 aliphatic rings. The van der Waals surface area contributed by atoms with Gasteiger partial charge in [0.15, 0.2) is 0 Å². The lowest BCUT2D eigenvalue weighted by Crippen LogP contribution is -2.37. The molecule has 1 aromatic rings. The van der Waals surface area contributed by atoms with Gasteiger partial charge in [-0.25, -0.2) is 0 Å². The Balaban J connectivity index is 2.09. The molecule has 1 fully saturated rings. The topological polar surface area (TPSA) is 41.1 Å². The van der Waals surface area contributed by atoms with Crippen molar-refractivity contribution in [2.45, 2.75) is 16.4 Å². The van der Waals surface area contributed by atoms with E-state index < -0.39 is 5.51 Å². The predicted octanol–water partition coefficient (Wildman–Crippen LogP) is 2.90. The van der Waals surface area contributed by atoms with Crippen LogP contribution >= 0.6 is 23.5 Å². The van der Waals surface area contributed by atoms with E-state index in [-0.39, 0.29) is 34.3 Å². The summed E-state index contributed by atoms with van der Waals surface area (Å²) in [4.78, 5) is 11.8. The highest BCUT2D eigenvalue weighted by Gasteiger charge is 2.31. The van der Waals surface area contributed by atoms with Crippen molar-refractivity contribution in [1.82, 2.24) is 5.32 Å². The zero-order valence-corrected chi connectivity index (χ0v) is 11.3. The van der Waals surface area contributed by atoms with Gasteiger partial charge < -0.3 is 5.32 Å². The van der Waals surface area contributed by atoms with Gasteiger partial charge in [0.1, 0.15) is 0 Å². The summed E-state index contributed by atoms with van der Waals surface area (Å²) >= 11 is 1.35. The second-order valence-electron chi connectivity index (χ2n) is 3.81. The number of alkyl halides is 3. The fourth-order valence-corrected chi connectivity index (χ4v) is 3.13. The number of para-hydroxylation sites is 1. The summed E-state index contributed by atoms with van der Waals surface area (Å²) in [6.07, 6.45) is 0. The molecule has 1 heterocycles. The van der Waals surface area contributed by atoms with Crippen molar-refractivity contribution in [3.63, 3.8) is 0 Å². The van der Waals surface area contributed by atoms with E-state index in [0.717, 1.165) is 0 Å². The van der Waals surface area contributed by atoms with Gasteiger partial charge in [-0.2, -0.15) is 13.2 Å². The molecule has 1 saturated heterocycles. The van der Waals surface area contributed by atoms with Gasteiger partial charge in [0.2, 0.25) is 5.91 Å². The minimum atomic E-state index is -4.37. The van der Waals surface area contributed by atoms with E-state index in [0.29, 0.717) is 11.6 Å². The van der Waals surface area contributed by atoms with E-state index in [1.165, 1.54) is 18.2 Å². The van der Waals surface area contributed by atoms with E-state index >= 15 is 0 Å². The van der Waals surface area contributed by atoms with E-state index in [1.54, 1.807) is 17.8 Å². The number of anilines is 1. The van der Waals surface area contributed by atoms with Gasteiger partial charge in [0.25, 0.3) is 0 Å². The van der Waals surface area contributed by atoms with E-state index in [4.69, 9.17) is 0 Å².